The van der Waals surface area contributed by atoms with Gasteiger partial charge in [-0.15, -0.1) is 0 Å². The minimum atomic E-state index is 0.164. The van der Waals surface area contributed by atoms with Crippen molar-refractivity contribution in [3.63, 3.8) is 0 Å². The monoisotopic (exact) mass is 217 g/mol. The van der Waals surface area contributed by atoms with E-state index < -0.39 is 0 Å². The van der Waals surface area contributed by atoms with Crippen LogP contribution in [0.1, 0.15) is 28.4 Å². The van der Waals surface area contributed by atoms with E-state index in [1.165, 1.54) is 11.1 Å². The van der Waals surface area contributed by atoms with Crippen LogP contribution in [0.25, 0.3) is 0 Å². The molecule has 0 bridgehead atoms. The van der Waals surface area contributed by atoms with E-state index in [1.807, 2.05) is 20.2 Å². The number of nitrogens with zero attached hydrogens (tertiary/aromatic N) is 1. The summed E-state index contributed by atoms with van der Waals surface area (Å²) in [6.45, 7) is 3.00. The third-order valence-electron chi connectivity index (χ3n) is 3.27. The summed E-state index contributed by atoms with van der Waals surface area (Å²) in [5, 5.41) is 0. The Morgan fingerprint density at radius 1 is 1.38 bits per heavy atom. The summed E-state index contributed by atoms with van der Waals surface area (Å²) in [5.41, 5.74) is 3.53. The predicted molar refractivity (Wildman–Crippen MR) is 65.9 cm³/mol. The highest BCUT2D eigenvalue weighted by Gasteiger charge is 2.30. The van der Waals surface area contributed by atoms with Crippen molar-refractivity contribution < 1.29 is 4.79 Å². The highest BCUT2D eigenvalue weighted by Crippen LogP contribution is 2.28. The Kier molecular flexibility index (Phi) is 3.10. The molecule has 0 radical (unpaired) electrons. The van der Waals surface area contributed by atoms with E-state index in [0.29, 0.717) is 5.78 Å². The summed E-state index contributed by atoms with van der Waals surface area (Å²) in [7, 11) is 4.04. The van der Waals surface area contributed by atoms with E-state index in [2.05, 4.69) is 24.0 Å². The van der Waals surface area contributed by atoms with Crippen LogP contribution in [-0.4, -0.2) is 31.3 Å². The molecule has 1 unspecified atom stereocenters. The van der Waals surface area contributed by atoms with Crippen LogP contribution >= 0.6 is 0 Å². The van der Waals surface area contributed by atoms with Gasteiger partial charge in [-0.05, 0) is 38.1 Å². The second-order valence-corrected chi connectivity index (χ2v) is 4.87. The zero-order valence-corrected chi connectivity index (χ0v) is 10.3. The van der Waals surface area contributed by atoms with Crippen molar-refractivity contribution in [2.45, 2.75) is 19.8 Å². The molecule has 0 aromatic heterocycles. The summed E-state index contributed by atoms with van der Waals surface area (Å²) in [5.74, 6) is 0.489. The van der Waals surface area contributed by atoms with E-state index in [-0.39, 0.29) is 5.92 Å². The molecule has 1 aliphatic rings. The van der Waals surface area contributed by atoms with Gasteiger partial charge in [0.2, 0.25) is 0 Å². The van der Waals surface area contributed by atoms with Gasteiger partial charge in [-0.2, -0.15) is 0 Å². The lowest BCUT2D eigenvalue weighted by Gasteiger charge is -2.13. The Balaban J connectivity index is 2.24. The smallest absolute Gasteiger partial charge is 0.167 e. The van der Waals surface area contributed by atoms with Crippen molar-refractivity contribution in [1.82, 2.24) is 4.90 Å². The van der Waals surface area contributed by atoms with Crippen LogP contribution in [0.4, 0.5) is 0 Å². The maximum Gasteiger partial charge on any atom is 0.167 e. The number of hydrogen-bond acceptors (Lipinski definition) is 2. The third-order valence-corrected chi connectivity index (χ3v) is 3.27. The number of benzene rings is 1. The number of fused-ring (bicyclic) bond motifs is 1. The minimum absolute atomic E-state index is 0.164. The Bertz CT molecular complexity index is 409. The zero-order valence-electron chi connectivity index (χ0n) is 10.3. The summed E-state index contributed by atoms with van der Waals surface area (Å²) >= 11 is 0. The van der Waals surface area contributed by atoms with Gasteiger partial charge in [0.25, 0.3) is 0 Å². The van der Waals surface area contributed by atoms with Crippen molar-refractivity contribution in [3.05, 3.63) is 34.9 Å². The van der Waals surface area contributed by atoms with Gasteiger partial charge in [0.1, 0.15) is 0 Å². The highest BCUT2D eigenvalue weighted by molar-refractivity contribution is 6.02. The maximum absolute atomic E-state index is 12.1. The fourth-order valence-corrected chi connectivity index (χ4v) is 2.44. The molecule has 86 valence electrons. The molecule has 0 heterocycles. The van der Waals surface area contributed by atoms with Gasteiger partial charge < -0.3 is 4.90 Å². The topological polar surface area (TPSA) is 20.3 Å². The molecule has 0 saturated carbocycles. The number of aryl methyl sites for hydroxylation is 1. The molecule has 2 nitrogen and oxygen atoms in total. The number of rotatable bonds is 3. The standard InChI is InChI=1S/C14H19NO/c1-4-10-5-6-13-11(7-10)8-12(14(13)16)9-15(2)3/h5-7,12H,4,8-9H2,1-3H3. The van der Waals surface area contributed by atoms with Gasteiger partial charge in [-0.25, -0.2) is 0 Å². The molecule has 0 saturated heterocycles. The van der Waals surface area contributed by atoms with Crippen molar-refractivity contribution in [3.8, 4) is 0 Å². The normalized spacial score (nSPS) is 19.2. The Morgan fingerprint density at radius 3 is 2.75 bits per heavy atom. The number of carbonyl (C=O) groups is 1. The zero-order chi connectivity index (χ0) is 11.7. The van der Waals surface area contributed by atoms with Gasteiger partial charge in [-0.3, -0.25) is 4.79 Å². The number of carbonyl (C=O) groups excluding carboxylic acids is 1. The van der Waals surface area contributed by atoms with Crippen LogP contribution in [-0.2, 0) is 12.8 Å². The van der Waals surface area contributed by atoms with Crippen LogP contribution in [0.2, 0.25) is 0 Å². The van der Waals surface area contributed by atoms with Gasteiger partial charge in [0, 0.05) is 18.0 Å². The molecule has 1 aromatic rings. The molecule has 1 aliphatic carbocycles. The predicted octanol–water partition coefficient (Wildman–Crippen LogP) is 2.17. The average Bonchev–Trinajstić information content (AvgIpc) is 2.54. The summed E-state index contributed by atoms with van der Waals surface area (Å²) in [6.07, 6.45) is 1.96. The summed E-state index contributed by atoms with van der Waals surface area (Å²) in [6, 6.07) is 6.28. The largest absolute Gasteiger partial charge is 0.309 e. The Labute approximate surface area is 97.3 Å². The van der Waals surface area contributed by atoms with Crippen LogP contribution < -0.4 is 0 Å². The van der Waals surface area contributed by atoms with Gasteiger partial charge >= 0.3 is 0 Å². The highest BCUT2D eigenvalue weighted by atomic mass is 16.1. The first kappa shape index (κ1) is 11.3. The molecule has 1 aromatic carbocycles. The van der Waals surface area contributed by atoms with Crippen molar-refractivity contribution >= 4 is 5.78 Å². The second-order valence-electron chi connectivity index (χ2n) is 4.87. The first-order valence-electron chi connectivity index (χ1n) is 5.92. The first-order chi connectivity index (χ1) is 7.61. The van der Waals surface area contributed by atoms with Crippen LogP contribution in [0.3, 0.4) is 0 Å². The molecular weight excluding hydrogens is 198 g/mol. The SMILES string of the molecule is CCc1ccc2c(c1)CC(CN(C)C)C2=O. The van der Waals surface area contributed by atoms with E-state index in [4.69, 9.17) is 0 Å². The molecule has 1 atom stereocenters. The minimum Gasteiger partial charge on any atom is -0.309 e. The third kappa shape index (κ3) is 2.03. The maximum atomic E-state index is 12.1. The molecule has 16 heavy (non-hydrogen) atoms. The second kappa shape index (κ2) is 4.38. The van der Waals surface area contributed by atoms with Crippen LogP contribution in [0.5, 0.6) is 0 Å². The van der Waals surface area contributed by atoms with Crippen molar-refractivity contribution in [2.24, 2.45) is 5.92 Å². The average molecular weight is 217 g/mol. The van der Waals surface area contributed by atoms with Gasteiger partial charge in [-0.1, -0.05) is 25.1 Å². The van der Waals surface area contributed by atoms with Crippen molar-refractivity contribution in [1.29, 1.82) is 0 Å². The van der Waals surface area contributed by atoms with Gasteiger partial charge in [0.05, 0.1) is 0 Å². The molecule has 2 rings (SSSR count). The number of Topliss-reactive ketones (excluding diaryl/α,β-unsaturated/α-hetero) is 1. The molecule has 2 heteroatoms. The van der Waals surface area contributed by atoms with E-state index in [9.17, 15) is 4.79 Å². The van der Waals surface area contributed by atoms with E-state index >= 15 is 0 Å². The molecule has 0 aliphatic heterocycles. The Hall–Kier alpha value is -1.15. The summed E-state index contributed by atoms with van der Waals surface area (Å²) in [4.78, 5) is 14.2. The van der Waals surface area contributed by atoms with E-state index in [1.54, 1.807) is 0 Å². The lowest BCUT2D eigenvalue weighted by Crippen LogP contribution is -2.25. The van der Waals surface area contributed by atoms with E-state index in [0.717, 1.165) is 24.9 Å². The molecule has 0 spiro atoms. The van der Waals surface area contributed by atoms with Gasteiger partial charge in [0.15, 0.2) is 5.78 Å². The molecule has 0 N–H and O–H groups in total. The first-order valence-corrected chi connectivity index (χ1v) is 5.92. The Morgan fingerprint density at radius 2 is 2.12 bits per heavy atom. The lowest BCUT2D eigenvalue weighted by molar-refractivity contribution is 0.0916. The molecule has 0 amide bonds. The van der Waals surface area contributed by atoms with Crippen molar-refractivity contribution in [2.75, 3.05) is 20.6 Å². The van der Waals surface area contributed by atoms with Crippen LogP contribution in [0.15, 0.2) is 18.2 Å². The fourth-order valence-electron chi connectivity index (χ4n) is 2.44. The molecule has 0 fully saturated rings. The number of hydrogen-bond donors (Lipinski definition) is 0. The number of ketones is 1. The molecular formula is C14H19NO. The lowest BCUT2D eigenvalue weighted by atomic mass is 10.0. The fraction of sp³-hybridized carbons (Fsp3) is 0.500. The summed E-state index contributed by atoms with van der Waals surface area (Å²) < 4.78 is 0. The van der Waals surface area contributed by atoms with Crippen LogP contribution in [0, 0.1) is 5.92 Å². The quantitative estimate of drug-likeness (QED) is 0.773.